The van der Waals surface area contributed by atoms with Gasteiger partial charge < -0.3 is 9.47 Å². The topological polar surface area (TPSA) is 35.5 Å². The van der Waals surface area contributed by atoms with Gasteiger partial charge in [0.1, 0.15) is 0 Å². The first-order valence-electron chi connectivity index (χ1n) is 6.10. The van der Waals surface area contributed by atoms with E-state index in [0.717, 1.165) is 31.4 Å². The fourth-order valence-electron chi connectivity index (χ4n) is 1.25. The van der Waals surface area contributed by atoms with Crippen LogP contribution < -0.4 is 0 Å². The molecule has 0 amide bonds. The molecule has 0 fully saturated rings. The Bertz CT molecular complexity index is 265. The fraction of sp³-hybridized carbons (Fsp3) is 0.643. The van der Waals surface area contributed by atoms with E-state index >= 15 is 0 Å². The van der Waals surface area contributed by atoms with Gasteiger partial charge in [0.2, 0.25) is 0 Å². The van der Waals surface area contributed by atoms with Crippen molar-refractivity contribution in [2.75, 3.05) is 13.7 Å². The van der Waals surface area contributed by atoms with Crippen molar-refractivity contribution >= 4 is 5.97 Å². The zero-order chi connectivity index (χ0) is 13.1. The molecule has 0 saturated carbocycles. The van der Waals surface area contributed by atoms with Crippen LogP contribution in [0.3, 0.4) is 0 Å². The van der Waals surface area contributed by atoms with Crippen molar-refractivity contribution in [1.82, 2.24) is 0 Å². The lowest BCUT2D eigenvalue weighted by atomic mass is 10.2. The molecule has 0 aromatic heterocycles. The maximum atomic E-state index is 10.9. The molecule has 0 saturated heterocycles. The number of carbonyl (C=O) groups excluding carboxylic acids is 1. The fourth-order valence-corrected chi connectivity index (χ4v) is 1.25. The van der Waals surface area contributed by atoms with Crippen LogP contribution >= 0.6 is 0 Å². The quantitative estimate of drug-likeness (QED) is 0.283. The molecule has 0 bridgehead atoms. The Balaban J connectivity index is 3.60. The Morgan fingerprint density at radius 2 is 2.00 bits per heavy atom. The molecule has 0 heterocycles. The normalized spacial score (nSPS) is 12.4. The highest BCUT2D eigenvalue weighted by atomic mass is 16.5. The van der Waals surface area contributed by atoms with Crippen LogP contribution in [0.5, 0.6) is 0 Å². The van der Waals surface area contributed by atoms with Gasteiger partial charge in [-0.25, -0.2) is 4.79 Å². The molecule has 98 valence electrons. The molecular weight excluding hydrogens is 216 g/mol. The summed E-state index contributed by atoms with van der Waals surface area (Å²) in [5, 5.41) is 0. The molecule has 0 aliphatic rings. The van der Waals surface area contributed by atoms with Crippen molar-refractivity contribution in [2.45, 2.75) is 46.1 Å². The molecular formula is C14H24O3. The van der Waals surface area contributed by atoms with Crippen LogP contribution in [0.4, 0.5) is 0 Å². The molecule has 0 aliphatic carbocycles. The zero-order valence-corrected chi connectivity index (χ0v) is 11.4. The van der Waals surface area contributed by atoms with E-state index in [2.05, 4.69) is 10.8 Å². The molecule has 3 heteroatoms. The average Bonchev–Trinajstić information content (AvgIpc) is 2.27. The Morgan fingerprint density at radius 3 is 2.59 bits per heavy atom. The second kappa shape index (κ2) is 10.1. The lowest BCUT2D eigenvalue weighted by Crippen LogP contribution is -2.03. The van der Waals surface area contributed by atoms with E-state index in [9.17, 15) is 4.79 Å². The monoisotopic (exact) mass is 240 g/mol. The maximum Gasteiger partial charge on any atom is 0.330 e. The van der Waals surface area contributed by atoms with E-state index in [0.29, 0.717) is 6.10 Å². The summed E-state index contributed by atoms with van der Waals surface area (Å²) in [6, 6.07) is 0. The van der Waals surface area contributed by atoms with Crippen molar-refractivity contribution in [3.05, 3.63) is 23.8 Å². The minimum absolute atomic E-state index is 0.308. The third-order valence-corrected chi connectivity index (χ3v) is 2.14. The smallest absolute Gasteiger partial charge is 0.330 e. The van der Waals surface area contributed by atoms with Gasteiger partial charge in [-0.2, -0.15) is 0 Å². The summed E-state index contributed by atoms with van der Waals surface area (Å²) in [4.78, 5) is 10.9. The van der Waals surface area contributed by atoms with Crippen LogP contribution in [-0.2, 0) is 14.3 Å². The van der Waals surface area contributed by atoms with Crippen molar-refractivity contribution in [1.29, 1.82) is 0 Å². The van der Waals surface area contributed by atoms with Crippen LogP contribution in [0, 0.1) is 0 Å². The minimum Gasteiger partial charge on any atom is -0.466 e. The predicted molar refractivity (Wildman–Crippen MR) is 69.9 cm³/mol. The first-order valence-corrected chi connectivity index (χ1v) is 6.10. The van der Waals surface area contributed by atoms with Crippen LogP contribution in [-0.4, -0.2) is 25.8 Å². The van der Waals surface area contributed by atoms with Gasteiger partial charge >= 0.3 is 5.97 Å². The molecule has 0 N–H and O–H groups in total. The van der Waals surface area contributed by atoms with E-state index in [1.54, 1.807) is 0 Å². The Kier molecular flexibility index (Phi) is 9.44. The molecule has 3 nitrogen and oxygen atoms in total. The van der Waals surface area contributed by atoms with Crippen molar-refractivity contribution in [3.8, 4) is 0 Å². The summed E-state index contributed by atoms with van der Waals surface area (Å²) >= 11 is 0. The summed E-state index contributed by atoms with van der Waals surface area (Å²) < 4.78 is 9.98. The van der Waals surface area contributed by atoms with Gasteiger partial charge in [-0.15, -0.1) is 0 Å². The third kappa shape index (κ3) is 11.2. The van der Waals surface area contributed by atoms with Gasteiger partial charge in [0.25, 0.3) is 0 Å². The van der Waals surface area contributed by atoms with Crippen molar-refractivity contribution < 1.29 is 14.3 Å². The number of hydrogen-bond donors (Lipinski definition) is 0. The molecule has 0 rings (SSSR count). The third-order valence-electron chi connectivity index (χ3n) is 2.14. The zero-order valence-electron chi connectivity index (χ0n) is 11.4. The van der Waals surface area contributed by atoms with Crippen LogP contribution in [0.15, 0.2) is 23.8 Å². The number of methoxy groups -OCH3 is 1. The van der Waals surface area contributed by atoms with Crippen LogP contribution in [0.25, 0.3) is 0 Å². The Morgan fingerprint density at radius 1 is 1.29 bits per heavy atom. The SMILES string of the molecule is COC(=O)/C=C(C)/C=C/CCCCOC(C)C. The molecule has 0 atom stereocenters. The molecule has 0 aromatic carbocycles. The van der Waals surface area contributed by atoms with E-state index < -0.39 is 0 Å². The molecule has 17 heavy (non-hydrogen) atoms. The van der Waals surface area contributed by atoms with Crippen molar-refractivity contribution in [2.24, 2.45) is 0 Å². The van der Waals surface area contributed by atoms with Crippen LogP contribution in [0.2, 0.25) is 0 Å². The molecule has 0 radical (unpaired) electrons. The minimum atomic E-state index is -0.308. The summed E-state index contributed by atoms with van der Waals surface area (Å²) in [5.74, 6) is -0.308. The number of unbranched alkanes of at least 4 members (excludes halogenated alkanes) is 2. The standard InChI is InChI=1S/C14H24O3/c1-12(2)17-10-8-6-5-7-9-13(3)11-14(15)16-4/h7,9,11-12H,5-6,8,10H2,1-4H3/b9-7+,13-11+. The highest BCUT2D eigenvalue weighted by Crippen LogP contribution is 2.02. The lowest BCUT2D eigenvalue weighted by Gasteiger charge is -2.05. The first kappa shape index (κ1) is 15.9. The van der Waals surface area contributed by atoms with Gasteiger partial charge in [-0.05, 0) is 45.6 Å². The predicted octanol–water partition coefficient (Wildman–Crippen LogP) is 3.26. The molecule has 0 aromatic rings. The van der Waals surface area contributed by atoms with E-state index in [1.807, 2.05) is 26.8 Å². The molecule has 0 unspecified atom stereocenters. The number of esters is 1. The van der Waals surface area contributed by atoms with E-state index in [4.69, 9.17) is 4.74 Å². The highest BCUT2D eigenvalue weighted by Gasteiger charge is 1.94. The highest BCUT2D eigenvalue weighted by molar-refractivity contribution is 5.83. The number of allylic oxidation sites excluding steroid dienone is 3. The van der Waals surface area contributed by atoms with Crippen molar-refractivity contribution in [3.63, 3.8) is 0 Å². The summed E-state index contributed by atoms with van der Waals surface area (Å²) in [7, 11) is 1.38. The van der Waals surface area contributed by atoms with Crippen LogP contribution in [0.1, 0.15) is 40.0 Å². The first-order chi connectivity index (χ1) is 8.06. The Hall–Kier alpha value is -1.09. The number of carbonyl (C=O) groups is 1. The average molecular weight is 240 g/mol. The van der Waals surface area contributed by atoms with E-state index in [-0.39, 0.29) is 5.97 Å². The molecule has 0 aliphatic heterocycles. The second-order valence-corrected chi connectivity index (χ2v) is 4.23. The number of rotatable bonds is 8. The maximum absolute atomic E-state index is 10.9. The van der Waals surface area contributed by atoms with Gasteiger partial charge in [-0.1, -0.05) is 12.2 Å². The lowest BCUT2D eigenvalue weighted by molar-refractivity contribution is -0.134. The Labute approximate surface area is 104 Å². The van der Waals surface area contributed by atoms with Gasteiger partial charge in [0.15, 0.2) is 0 Å². The summed E-state index contributed by atoms with van der Waals surface area (Å²) in [5.41, 5.74) is 0.912. The number of ether oxygens (including phenoxy) is 2. The number of hydrogen-bond acceptors (Lipinski definition) is 3. The second-order valence-electron chi connectivity index (χ2n) is 4.23. The largest absolute Gasteiger partial charge is 0.466 e. The van der Waals surface area contributed by atoms with Gasteiger partial charge in [0.05, 0.1) is 13.2 Å². The molecule has 0 spiro atoms. The summed E-state index contributed by atoms with van der Waals surface area (Å²) in [6.45, 7) is 6.79. The summed E-state index contributed by atoms with van der Waals surface area (Å²) in [6.07, 6.45) is 9.00. The van der Waals surface area contributed by atoms with E-state index in [1.165, 1.54) is 13.2 Å². The van der Waals surface area contributed by atoms with Gasteiger partial charge in [-0.3, -0.25) is 0 Å². The van der Waals surface area contributed by atoms with Gasteiger partial charge in [0, 0.05) is 12.7 Å².